The zero-order valence-electron chi connectivity index (χ0n) is 12.2. The second-order valence-corrected chi connectivity index (χ2v) is 6.78. The van der Waals surface area contributed by atoms with Crippen LogP contribution in [-0.4, -0.2) is 5.11 Å². The van der Waals surface area contributed by atoms with Crippen molar-refractivity contribution in [3.8, 4) is 5.75 Å². The summed E-state index contributed by atoms with van der Waals surface area (Å²) in [5.41, 5.74) is 3.30. The van der Waals surface area contributed by atoms with Gasteiger partial charge in [-0.3, -0.25) is 0 Å². The molecule has 2 aromatic carbocycles. The van der Waals surface area contributed by atoms with Gasteiger partial charge in [0.1, 0.15) is 11.9 Å². The van der Waals surface area contributed by atoms with Crippen molar-refractivity contribution in [3.63, 3.8) is 0 Å². The minimum Gasteiger partial charge on any atom is -0.485 e. The van der Waals surface area contributed by atoms with E-state index in [-0.39, 0.29) is 6.10 Å². The van der Waals surface area contributed by atoms with Crippen molar-refractivity contribution >= 4 is 15.9 Å². The highest BCUT2D eigenvalue weighted by Crippen LogP contribution is 2.41. The molecular formula is C18H19BrO2. The summed E-state index contributed by atoms with van der Waals surface area (Å²) in [5.74, 6) is 1.30. The van der Waals surface area contributed by atoms with Crippen LogP contribution >= 0.6 is 15.9 Å². The predicted molar refractivity (Wildman–Crippen MR) is 87.6 cm³/mol. The van der Waals surface area contributed by atoms with E-state index in [4.69, 9.17) is 4.74 Å². The van der Waals surface area contributed by atoms with E-state index in [9.17, 15) is 5.11 Å². The van der Waals surface area contributed by atoms with Gasteiger partial charge in [-0.25, -0.2) is 0 Å². The Balaban J connectivity index is 1.86. The molecule has 0 saturated carbocycles. The van der Waals surface area contributed by atoms with Gasteiger partial charge in [0.15, 0.2) is 0 Å². The van der Waals surface area contributed by atoms with Gasteiger partial charge in [-0.05, 0) is 35.2 Å². The summed E-state index contributed by atoms with van der Waals surface area (Å²) in [6, 6.07) is 14.3. The van der Waals surface area contributed by atoms with E-state index in [0.717, 1.165) is 21.3 Å². The Labute approximate surface area is 133 Å². The highest BCUT2D eigenvalue weighted by Gasteiger charge is 2.28. The molecule has 0 fully saturated rings. The smallest absolute Gasteiger partial charge is 0.127 e. The zero-order valence-corrected chi connectivity index (χ0v) is 13.8. The third-order valence-corrected chi connectivity index (χ3v) is 4.51. The monoisotopic (exact) mass is 346 g/mol. The van der Waals surface area contributed by atoms with Gasteiger partial charge in [0.05, 0.1) is 6.10 Å². The normalized spacial score (nSPS) is 21.0. The Morgan fingerprint density at radius 1 is 1.14 bits per heavy atom. The van der Waals surface area contributed by atoms with Crippen molar-refractivity contribution in [2.24, 2.45) is 0 Å². The summed E-state index contributed by atoms with van der Waals surface area (Å²) in [7, 11) is 0. The first-order chi connectivity index (χ1) is 10.0. The van der Waals surface area contributed by atoms with Crippen LogP contribution < -0.4 is 4.74 Å². The number of hydrogen-bond acceptors (Lipinski definition) is 2. The molecule has 2 aromatic rings. The van der Waals surface area contributed by atoms with Crippen molar-refractivity contribution in [2.75, 3.05) is 0 Å². The molecule has 0 aliphatic carbocycles. The van der Waals surface area contributed by atoms with Crippen molar-refractivity contribution < 1.29 is 9.84 Å². The predicted octanol–water partition coefficient (Wildman–Crippen LogP) is 5.13. The van der Waals surface area contributed by atoms with Gasteiger partial charge in [0, 0.05) is 16.5 Å². The minimum atomic E-state index is -0.485. The van der Waals surface area contributed by atoms with E-state index >= 15 is 0 Å². The molecule has 0 spiro atoms. The van der Waals surface area contributed by atoms with Crippen LogP contribution in [0.3, 0.4) is 0 Å². The Hall–Kier alpha value is -1.32. The van der Waals surface area contributed by atoms with Crippen LogP contribution in [0, 0.1) is 0 Å². The van der Waals surface area contributed by atoms with Gasteiger partial charge >= 0.3 is 0 Å². The lowest BCUT2D eigenvalue weighted by molar-refractivity contribution is 0.0657. The van der Waals surface area contributed by atoms with Crippen molar-refractivity contribution in [2.45, 2.75) is 38.4 Å². The zero-order chi connectivity index (χ0) is 15.0. The maximum atomic E-state index is 10.4. The SMILES string of the molecule is CC(C)c1ccc(C2C[C@H](O)c3cc(Br)ccc3O2)cc1. The fraction of sp³-hybridized carbons (Fsp3) is 0.333. The summed E-state index contributed by atoms with van der Waals surface area (Å²) in [5, 5.41) is 10.4. The first-order valence-corrected chi connectivity index (χ1v) is 8.08. The van der Waals surface area contributed by atoms with Crippen molar-refractivity contribution in [1.82, 2.24) is 0 Å². The van der Waals surface area contributed by atoms with Crippen LogP contribution in [0.4, 0.5) is 0 Å². The summed E-state index contributed by atoms with van der Waals surface area (Å²) in [4.78, 5) is 0. The number of aliphatic hydroxyl groups is 1. The third kappa shape index (κ3) is 2.99. The van der Waals surface area contributed by atoms with E-state index in [1.54, 1.807) is 0 Å². The summed E-state index contributed by atoms with van der Waals surface area (Å²) >= 11 is 3.43. The molecule has 2 nitrogen and oxygen atoms in total. The van der Waals surface area contributed by atoms with E-state index < -0.39 is 6.10 Å². The van der Waals surface area contributed by atoms with Gasteiger partial charge in [0.25, 0.3) is 0 Å². The van der Waals surface area contributed by atoms with Gasteiger partial charge in [0.2, 0.25) is 0 Å². The molecule has 3 rings (SSSR count). The van der Waals surface area contributed by atoms with Crippen LogP contribution in [0.5, 0.6) is 5.75 Å². The molecule has 2 atom stereocenters. The number of fused-ring (bicyclic) bond motifs is 1. The standard InChI is InChI=1S/C18H19BrO2/c1-11(2)12-3-5-13(6-4-12)18-10-16(20)15-9-14(19)7-8-17(15)21-18/h3-9,11,16,18,20H,10H2,1-2H3/t16-,18?/m0/s1. The Kier molecular flexibility index (Phi) is 4.05. The largest absolute Gasteiger partial charge is 0.485 e. The molecule has 110 valence electrons. The minimum absolute atomic E-state index is 0.0881. The van der Waals surface area contributed by atoms with Crippen LogP contribution in [0.25, 0.3) is 0 Å². The average molecular weight is 347 g/mol. The van der Waals surface area contributed by atoms with Crippen molar-refractivity contribution in [3.05, 3.63) is 63.6 Å². The van der Waals surface area contributed by atoms with Gasteiger partial charge < -0.3 is 9.84 Å². The molecule has 3 heteroatoms. The van der Waals surface area contributed by atoms with Crippen molar-refractivity contribution in [1.29, 1.82) is 0 Å². The molecule has 1 aliphatic rings. The lowest BCUT2D eigenvalue weighted by Crippen LogP contribution is -2.19. The molecular weight excluding hydrogens is 328 g/mol. The maximum Gasteiger partial charge on any atom is 0.127 e. The molecule has 1 N–H and O–H groups in total. The fourth-order valence-corrected chi connectivity index (χ4v) is 3.10. The maximum absolute atomic E-state index is 10.4. The number of ether oxygens (including phenoxy) is 1. The number of aliphatic hydroxyl groups excluding tert-OH is 1. The summed E-state index contributed by atoms with van der Waals surface area (Å²) in [6.45, 7) is 4.37. The fourth-order valence-electron chi connectivity index (χ4n) is 2.72. The molecule has 1 heterocycles. The average Bonchev–Trinajstić information content (AvgIpc) is 2.48. The Morgan fingerprint density at radius 2 is 1.86 bits per heavy atom. The van der Waals surface area contributed by atoms with Gasteiger partial charge in [-0.2, -0.15) is 0 Å². The summed E-state index contributed by atoms with van der Waals surface area (Å²) < 4.78 is 7.02. The highest BCUT2D eigenvalue weighted by atomic mass is 79.9. The van der Waals surface area contributed by atoms with Crippen LogP contribution in [0.2, 0.25) is 0 Å². The first-order valence-electron chi connectivity index (χ1n) is 7.28. The van der Waals surface area contributed by atoms with Crippen LogP contribution in [0.1, 0.15) is 55.1 Å². The number of benzene rings is 2. The lowest BCUT2D eigenvalue weighted by Gasteiger charge is -2.30. The molecule has 0 aromatic heterocycles. The second kappa shape index (κ2) is 5.82. The molecule has 1 unspecified atom stereocenters. The molecule has 0 saturated heterocycles. The van der Waals surface area contributed by atoms with Crippen LogP contribution in [0.15, 0.2) is 46.9 Å². The second-order valence-electron chi connectivity index (χ2n) is 5.86. The molecule has 21 heavy (non-hydrogen) atoms. The molecule has 0 bridgehead atoms. The lowest BCUT2D eigenvalue weighted by atomic mass is 9.93. The number of rotatable bonds is 2. The van der Waals surface area contributed by atoms with E-state index in [1.807, 2.05) is 18.2 Å². The quantitative estimate of drug-likeness (QED) is 0.816. The third-order valence-electron chi connectivity index (χ3n) is 4.01. The van der Waals surface area contributed by atoms with Gasteiger partial charge in [-0.15, -0.1) is 0 Å². The van der Waals surface area contributed by atoms with Crippen LogP contribution in [-0.2, 0) is 0 Å². The Bertz CT molecular complexity index is 634. The topological polar surface area (TPSA) is 29.5 Å². The molecule has 1 aliphatic heterocycles. The first kappa shape index (κ1) is 14.6. The highest BCUT2D eigenvalue weighted by molar-refractivity contribution is 9.10. The molecule has 0 radical (unpaired) electrons. The number of halogens is 1. The Morgan fingerprint density at radius 3 is 2.52 bits per heavy atom. The summed E-state index contributed by atoms with van der Waals surface area (Å²) in [6.07, 6.45) is 0.0145. The number of hydrogen-bond donors (Lipinski definition) is 1. The van der Waals surface area contributed by atoms with E-state index in [1.165, 1.54) is 5.56 Å². The van der Waals surface area contributed by atoms with E-state index in [2.05, 4.69) is 54.0 Å². The van der Waals surface area contributed by atoms with Gasteiger partial charge in [-0.1, -0.05) is 54.0 Å². The molecule has 0 amide bonds. The van der Waals surface area contributed by atoms with E-state index in [0.29, 0.717) is 12.3 Å².